The molecule has 2 unspecified atom stereocenters. The molecule has 2 atom stereocenters. The van der Waals surface area contributed by atoms with Gasteiger partial charge in [-0.25, -0.2) is 0 Å². The Labute approximate surface area is 74.6 Å². The largest absolute Gasteiger partial charge is 0.472 e. The molecule has 1 heterocycles. The maximum atomic E-state index is 5.45. The molecule has 70 valence electrons. The van der Waals surface area contributed by atoms with Crippen LogP contribution in [0, 0.1) is 5.92 Å². The van der Waals surface area contributed by atoms with Crippen LogP contribution in [-0.2, 0) is 9.47 Å². The van der Waals surface area contributed by atoms with Crippen LogP contribution in [0.1, 0.15) is 33.6 Å². The molecule has 0 aromatic rings. The van der Waals surface area contributed by atoms with Gasteiger partial charge in [0.25, 0.3) is 0 Å². The minimum atomic E-state index is -0.0229. The topological polar surface area (TPSA) is 18.5 Å². The standard InChI is InChI=1S/C10H18O2/c1-4-9-6-8(3)10(11-5-2)12-7-9/h7-8,10H,4-6H2,1-3H3. The van der Waals surface area contributed by atoms with Gasteiger partial charge in [0, 0.05) is 12.5 Å². The van der Waals surface area contributed by atoms with Crippen molar-refractivity contribution in [3.05, 3.63) is 11.8 Å². The normalized spacial score (nSPS) is 29.4. The van der Waals surface area contributed by atoms with Crippen LogP contribution in [0.3, 0.4) is 0 Å². The number of ether oxygens (including phenoxy) is 2. The van der Waals surface area contributed by atoms with E-state index in [0.29, 0.717) is 5.92 Å². The Hall–Kier alpha value is -0.500. The third kappa shape index (κ3) is 2.24. The lowest BCUT2D eigenvalue weighted by Crippen LogP contribution is -2.27. The molecular weight excluding hydrogens is 152 g/mol. The monoisotopic (exact) mass is 170 g/mol. The van der Waals surface area contributed by atoms with Crippen molar-refractivity contribution in [3.63, 3.8) is 0 Å². The molecule has 0 amide bonds. The molecule has 0 bridgehead atoms. The zero-order valence-corrected chi connectivity index (χ0v) is 8.17. The van der Waals surface area contributed by atoms with E-state index in [0.717, 1.165) is 19.4 Å². The molecule has 2 nitrogen and oxygen atoms in total. The zero-order chi connectivity index (χ0) is 8.97. The highest BCUT2D eigenvalue weighted by molar-refractivity contribution is 5.01. The van der Waals surface area contributed by atoms with Crippen molar-refractivity contribution < 1.29 is 9.47 Å². The summed E-state index contributed by atoms with van der Waals surface area (Å²) in [5.74, 6) is 0.491. The summed E-state index contributed by atoms with van der Waals surface area (Å²) in [7, 11) is 0. The van der Waals surface area contributed by atoms with E-state index in [4.69, 9.17) is 9.47 Å². The van der Waals surface area contributed by atoms with Crippen LogP contribution in [0.15, 0.2) is 11.8 Å². The predicted octanol–water partition coefficient (Wildman–Crippen LogP) is 2.70. The molecular formula is C10H18O2. The second-order valence-corrected chi connectivity index (χ2v) is 3.27. The van der Waals surface area contributed by atoms with Crippen LogP contribution >= 0.6 is 0 Å². The first-order chi connectivity index (χ1) is 5.77. The van der Waals surface area contributed by atoms with Crippen molar-refractivity contribution in [1.82, 2.24) is 0 Å². The summed E-state index contributed by atoms with van der Waals surface area (Å²) < 4.78 is 10.9. The lowest BCUT2D eigenvalue weighted by molar-refractivity contribution is -0.140. The predicted molar refractivity (Wildman–Crippen MR) is 48.7 cm³/mol. The number of hydrogen-bond donors (Lipinski definition) is 0. The highest BCUT2D eigenvalue weighted by atomic mass is 16.7. The molecule has 1 aliphatic heterocycles. The summed E-state index contributed by atoms with van der Waals surface area (Å²) in [6.45, 7) is 7.05. The van der Waals surface area contributed by atoms with Gasteiger partial charge in [-0.05, 0) is 25.3 Å². The molecule has 0 spiro atoms. The minimum absolute atomic E-state index is 0.0229. The molecule has 0 aromatic carbocycles. The van der Waals surface area contributed by atoms with Gasteiger partial charge in [-0.2, -0.15) is 0 Å². The number of allylic oxidation sites excluding steroid dienone is 1. The van der Waals surface area contributed by atoms with Crippen LogP contribution in [0.2, 0.25) is 0 Å². The summed E-state index contributed by atoms with van der Waals surface area (Å²) in [6.07, 6.45) is 4.04. The number of rotatable bonds is 3. The SMILES string of the molecule is CCOC1OC=C(CC)CC1C. The van der Waals surface area contributed by atoms with Crippen molar-refractivity contribution in [1.29, 1.82) is 0 Å². The molecule has 1 aliphatic rings. The molecule has 1 rings (SSSR count). The Bertz CT molecular complexity index is 163. The quantitative estimate of drug-likeness (QED) is 0.648. The molecule has 12 heavy (non-hydrogen) atoms. The van der Waals surface area contributed by atoms with Crippen molar-refractivity contribution >= 4 is 0 Å². The van der Waals surface area contributed by atoms with E-state index in [1.54, 1.807) is 0 Å². The Kier molecular flexibility index (Phi) is 3.60. The smallest absolute Gasteiger partial charge is 0.201 e. The summed E-state index contributed by atoms with van der Waals surface area (Å²) in [4.78, 5) is 0. The van der Waals surface area contributed by atoms with Crippen LogP contribution in [0.5, 0.6) is 0 Å². The maximum absolute atomic E-state index is 5.45. The molecule has 0 saturated carbocycles. The summed E-state index contributed by atoms with van der Waals surface area (Å²) >= 11 is 0. The van der Waals surface area contributed by atoms with E-state index >= 15 is 0 Å². The van der Waals surface area contributed by atoms with E-state index in [-0.39, 0.29) is 6.29 Å². The third-order valence-corrected chi connectivity index (χ3v) is 2.20. The minimum Gasteiger partial charge on any atom is -0.472 e. The molecule has 0 N–H and O–H groups in total. The fourth-order valence-electron chi connectivity index (χ4n) is 1.45. The van der Waals surface area contributed by atoms with Gasteiger partial charge < -0.3 is 9.47 Å². The Morgan fingerprint density at radius 1 is 1.58 bits per heavy atom. The Morgan fingerprint density at radius 3 is 2.83 bits per heavy atom. The third-order valence-electron chi connectivity index (χ3n) is 2.20. The highest BCUT2D eigenvalue weighted by Crippen LogP contribution is 2.25. The van der Waals surface area contributed by atoms with Crippen LogP contribution in [0.4, 0.5) is 0 Å². The van der Waals surface area contributed by atoms with Crippen molar-refractivity contribution in [2.75, 3.05) is 6.61 Å². The lowest BCUT2D eigenvalue weighted by Gasteiger charge is -2.28. The van der Waals surface area contributed by atoms with Crippen LogP contribution < -0.4 is 0 Å². The summed E-state index contributed by atoms with van der Waals surface area (Å²) in [5.41, 5.74) is 1.39. The van der Waals surface area contributed by atoms with Crippen molar-refractivity contribution in [3.8, 4) is 0 Å². The van der Waals surface area contributed by atoms with E-state index in [2.05, 4.69) is 13.8 Å². The van der Waals surface area contributed by atoms with Gasteiger partial charge >= 0.3 is 0 Å². The first-order valence-electron chi connectivity index (χ1n) is 4.72. The molecule has 2 heteroatoms. The average molecular weight is 170 g/mol. The van der Waals surface area contributed by atoms with Gasteiger partial charge in [-0.3, -0.25) is 0 Å². The van der Waals surface area contributed by atoms with Crippen molar-refractivity contribution in [2.45, 2.75) is 39.9 Å². The zero-order valence-electron chi connectivity index (χ0n) is 8.17. The van der Waals surface area contributed by atoms with Gasteiger partial charge in [0.05, 0.1) is 6.26 Å². The highest BCUT2D eigenvalue weighted by Gasteiger charge is 2.22. The summed E-state index contributed by atoms with van der Waals surface area (Å²) in [6, 6.07) is 0. The molecule has 0 saturated heterocycles. The second kappa shape index (κ2) is 4.51. The van der Waals surface area contributed by atoms with Crippen LogP contribution in [-0.4, -0.2) is 12.9 Å². The van der Waals surface area contributed by atoms with Gasteiger partial charge in [-0.15, -0.1) is 0 Å². The van der Waals surface area contributed by atoms with Gasteiger partial charge in [0.1, 0.15) is 0 Å². The van der Waals surface area contributed by atoms with E-state index < -0.39 is 0 Å². The van der Waals surface area contributed by atoms with Gasteiger partial charge in [0.15, 0.2) is 0 Å². The Morgan fingerprint density at radius 2 is 2.33 bits per heavy atom. The molecule has 0 radical (unpaired) electrons. The van der Waals surface area contributed by atoms with Gasteiger partial charge in [-0.1, -0.05) is 13.8 Å². The van der Waals surface area contributed by atoms with E-state index in [9.17, 15) is 0 Å². The first-order valence-corrected chi connectivity index (χ1v) is 4.72. The van der Waals surface area contributed by atoms with Crippen LogP contribution in [0.25, 0.3) is 0 Å². The summed E-state index contributed by atoms with van der Waals surface area (Å²) in [5, 5.41) is 0. The van der Waals surface area contributed by atoms with E-state index in [1.807, 2.05) is 13.2 Å². The Balaban J connectivity index is 2.46. The van der Waals surface area contributed by atoms with E-state index in [1.165, 1.54) is 5.57 Å². The van der Waals surface area contributed by atoms with Crippen molar-refractivity contribution in [2.24, 2.45) is 5.92 Å². The fraction of sp³-hybridized carbons (Fsp3) is 0.800. The molecule has 0 aliphatic carbocycles. The second-order valence-electron chi connectivity index (χ2n) is 3.27. The average Bonchev–Trinajstić information content (AvgIpc) is 2.09. The maximum Gasteiger partial charge on any atom is 0.201 e. The number of hydrogen-bond acceptors (Lipinski definition) is 2. The fourth-order valence-corrected chi connectivity index (χ4v) is 1.45. The molecule has 0 aromatic heterocycles. The first kappa shape index (κ1) is 9.59. The molecule has 0 fully saturated rings. The lowest BCUT2D eigenvalue weighted by atomic mass is 9.98. The van der Waals surface area contributed by atoms with Gasteiger partial charge in [0.2, 0.25) is 6.29 Å².